The van der Waals surface area contributed by atoms with E-state index in [1.54, 1.807) is 14.2 Å². The minimum atomic E-state index is 0.740. The van der Waals surface area contributed by atoms with Crippen LogP contribution in [0.15, 0.2) is 0 Å². The molecule has 0 spiro atoms. The topological polar surface area (TPSA) is 18.5 Å². The van der Waals surface area contributed by atoms with Gasteiger partial charge in [0.05, 0.1) is 0 Å². The molecule has 0 N–H and O–H groups in total. The summed E-state index contributed by atoms with van der Waals surface area (Å²) in [6.07, 6.45) is 1.48. The van der Waals surface area contributed by atoms with E-state index in [4.69, 9.17) is 0 Å². The molecule has 0 unspecified atom stereocenters. The van der Waals surface area contributed by atoms with Crippen molar-refractivity contribution in [2.75, 3.05) is 14.2 Å². The smallest absolute Gasteiger partial charge is 0.131 e. The zero-order valence-electron chi connectivity index (χ0n) is 5.23. The Balaban J connectivity index is 2.53. The molecule has 0 fully saturated rings. The number of hydrogen-bond acceptors (Lipinski definition) is 2. The van der Waals surface area contributed by atoms with Crippen LogP contribution in [-0.2, 0) is 9.47 Å². The lowest BCUT2D eigenvalue weighted by Gasteiger charge is -1.92. The Kier molecular flexibility index (Phi) is 6.85. The first-order chi connectivity index (χ1) is 3.91. The van der Waals surface area contributed by atoms with Gasteiger partial charge in [-0.15, -0.1) is 0 Å². The van der Waals surface area contributed by atoms with Crippen molar-refractivity contribution >= 4 is 0 Å². The largest absolute Gasteiger partial charge is 0.372 e. The van der Waals surface area contributed by atoms with Crippen LogP contribution >= 0.6 is 0 Å². The first-order valence-corrected chi connectivity index (χ1v) is 2.43. The Hall–Kier alpha value is -0.0800. The average Bonchev–Trinajstić information content (AvgIpc) is 1.81. The quantitative estimate of drug-likeness (QED) is 0.499. The van der Waals surface area contributed by atoms with Crippen molar-refractivity contribution in [1.29, 1.82) is 0 Å². The number of rotatable bonds is 5. The predicted octanol–water partition coefficient (Wildman–Crippen LogP) is 1.14. The van der Waals surface area contributed by atoms with Gasteiger partial charge in [-0.25, -0.2) is 0 Å². The SMILES string of the molecule is CO[C]CC[C]OC. The van der Waals surface area contributed by atoms with Gasteiger partial charge in [-0.3, -0.25) is 0 Å². The van der Waals surface area contributed by atoms with Gasteiger partial charge in [0.2, 0.25) is 0 Å². The fourth-order valence-electron chi connectivity index (χ4n) is 0.306. The van der Waals surface area contributed by atoms with Gasteiger partial charge in [0.15, 0.2) is 0 Å². The summed E-state index contributed by atoms with van der Waals surface area (Å²) in [6.45, 7) is 5.28. The maximum Gasteiger partial charge on any atom is 0.131 e. The maximum atomic E-state index is 4.54. The fourth-order valence-corrected chi connectivity index (χ4v) is 0.306. The van der Waals surface area contributed by atoms with Gasteiger partial charge in [-0.1, -0.05) is 0 Å². The Morgan fingerprint density at radius 2 is 1.38 bits per heavy atom. The zero-order valence-corrected chi connectivity index (χ0v) is 5.23. The monoisotopic (exact) mass is 114 g/mol. The van der Waals surface area contributed by atoms with Crippen LogP contribution in [0.5, 0.6) is 0 Å². The Morgan fingerprint density at radius 3 is 1.62 bits per heavy atom. The van der Waals surface area contributed by atoms with E-state index in [-0.39, 0.29) is 0 Å². The number of methoxy groups -OCH3 is 2. The maximum absolute atomic E-state index is 4.54. The van der Waals surface area contributed by atoms with Gasteiger partial charge in [-0.2, -0.15) is 0 Å². The minimum Gasteiger partial charge on any atom is -0.372 e. The lowest BCUT2D eigenvalue weighted by molar-refractivity contribution is 0.237. The van der Waals surface area contributed by atoms with Crippen molar-refractivity contribution in [3.8, 4) is 0 Å². The molecule has 4 radical (unpaired) electrons. The average molecular weight is 114 g/mol. The molecule has 0 rings (SSSR count). The van der Waals surface area contributed by atoms with E-state index in [0.29, 0.717) is 0 Å². The molecule has 0 atom stereocenters. The summed E-state index contributed by atoms with van der Waals surface area (Å²) in [5.41, 5.74) is 0. The third kappa shape index (κ3) is 5.92. The van der Waals surface area contributed by atoms with E-state index < -0.39 is 0 Å². The second-order valence-electron chi connectivity index (χ2n) is 1.20. The number of hydrogen-bond donors (Lipinski definition) is 0. The summed E-state index contributed by atoms with van der Waals surface area (Å²) >= 11 is 0. The van der Waals surface area contributed by atoms with Crippen LogP contribution in [0, 0.1) is 13.2 Å². The molecule has 0 amide bonds. The lowest BCUT2D eigenvalue weighted by atomic mass is 10.3. The van der Waals surface area contributed by atoms with Crippen LogP contribution in [0.1, 0.15) is 12.8 Å². The molecule has 0 aliphatic carbocycles. The molecule has 0 saturated heterocycles. The summed E-state index contributed by atoms with van der Waals surface area (Å²) in [5, 5.41) is 0. The molecule has 0 aliphatic rings. The van der Waals surface area contributed by atoms with E-state index in [1.807, 2.05) is 0 Å². The van der Waals surface area contributed by atoms with E-state index in [1.165, 1.54) is 0 Å². The second-order valence-corrected chi connectivity index (χ2v) is 1.20. The molecule has 0 bridgehead atoms. The molecule has 0 heterocycles. The molecular formula is C6H10O2. The zero-order chi connectivity index (χ0) is 6.24. The van der Waals surface area contributed by atoms with Gasteiger partial charge in [-0.05, 0) is 12.8 Å². The minimum absolute atomic E-state index is 0.740. The normalized spacial score (nSPS) is 9.75. The van der Waals surface area contributed by atoms with Crippen molar-refractivity contribution in [2.24, 2.45) is 0 Å². The predicted molar refractivity (Wildman–Crippen MR) is 29.7 cm³/mol. The number of unbranched alkanes of at least 4 members (excludes halogenated alkanes) is 1. The molecule has 2 heteroatoms. The van der Waals surface area contributed by atoms with E-state index >= 15 is 0 Å². The Morgan fingerprint density at radius 1 is 1.00 bits per heavy atom. The van der Waals surface area contributed by atoms with Gasteiger partial charge in [0.1, 0.15) is 13.2 Å². The Bertz CT molecular complexity index is 31.5. The Labute approximate surface area is 50.8 Å². The van der Waals surface area contributed by atoms with Gasteiger partial charge in [0.25, 0.3) is 0 Å². The molecule has 0 aliphatic heterocycles. The first-order valence-electron chi connectivity index (χ1n) is 2.43. The van der Waals surface area contributed by atoms with Crippen LogP contribution in [0.4, 0.5) is 0 Å². The van der Waals surface area contributed by atoms with E-state index in [9.17, 15) is 0 Å². The summed E-state index contributed by atoms with van der Waals surface area (Å²) < 4.78 is 9.09. The van der Waals surface area contributed by atoms with Gasteiger partial charge >= 0.3 is 0 Å². The van der Waals surface area contributed by atoms with Crippen molar-refractivity contribution in [2.45, 2.75) is 12.8 Å². The van der Waals surface area contributed by atoms with Crippen molar-refractivity contribution in [1.82, 2.24) is 0 Å². The lowest BCUT2D eigenvalue weighted by Crippen LogP contribution is -1.83. The van der Waals surface area contributed by atoms with Crippen LogP contribution in [0.2, 0.25) is 0 Å². The third-order valence-electron chi connectivity index (χ3n) is 0.618. The van der Waals surface area contributed by atoms with Crippen molar-refractivity contribution in [3.05, 3.63) is 13.2 Å². The molecular weight excluding hydrogens is 104 g/mol. The standard InChI is InChI=1S/C6H10O2/c1-7-5-3-4-6-8-2/h3-4H2,1-2H3. The number of ether oxygens (including phenoxy) is 2. The molecule has 2 nitrogen and oxygen atoms in total. The van der Waals surface area contributed by atoms with Gasteiger partial charge < -0.3 is 9.47 Å². The highest BCUT2D eigenvalue weighted by Gasteiger charge is 1.87. The highest BCUT2D eigenvalue weighted by atomic mass is 16.5. The van der Waals surface area contributed by atoms with E-state index in [0.717, 1.165) is 12.8 Å². The summed E-state index contributed by atoms with van der Waals surface area (Å²) in [7, 11) is 3.15. The van der Waals surface area contributed by atoms with Crippen LogP contribution in [-0.4, -0.2) is 14.2 Å². The van der Waals surface area contributed by atoms with E-state index in [2.05, 4.69) is 22.7 Å². The van der Waals surface area contributed by atoms with Crippen LogP contribution in [0.25, 0.3) is 0 Å². The summed E-state index contributed by atoms with van der Waals surface area (Å²) in [6, 6.07) is 0. The molecule has 0 aromatic rings. The third-order valence-corrected chi connectivity index (χ3v) is 0.618. The van der Waals surface area contributed by atoms with Crippen molar-refractivity contribution in [3.63, 3.8) is 0 Å². The highest BCUT2D eigenvalue weighted by molar-refractivity contribution is 4.55. The first kappa shape index (κ1) is 7.92. The highest BCUT2D eigenvalue weighted by Crippen LogP contribution is 1.96. The molecule has 0 saturated carbocycles. The van der Waals surface area contributed by atoms with Gasteiger partial charge in [0, 0.05) is 14.2 Å². The molecule has 8 heavy (non-hydrogen) atoms. The summed E-state index contributed by atoms with van der Waals surface area (Å²) in [4.78, 5) is 0. The van der Waals surface area contributed by atoms with Crippen LogP contribution in [0.3, 0.4) is 0 Å². The molecule has 0 aromatic heterocycles. The van der Waals surface area contributed by atoms with Crippen LogP contribution < -0.4 is 0 Å². The fraction of sp³-hybridized carbons (Fsp3) is 0.667. The second kappa shape index (κ2) is 6.92. The van der Waals surface area contributed by atoms with Crippen molar-refractivity contribution < 1.29 is 9.47 Å². The molecule has 46 valence electrons. The summed E-state index contributed by atoms with van der Waals surface area (Å²) in [5.74, 6) is 0. The molecule has 0 aromatic carbocycles.